The maximum absolute atomic E-state index is 13.0. The summed E-state index contributed by atoms with van der Waals surface area (Å²) in [6.07, 6.45) is 42.0. The van der Waals surface area contributed by atoms with Crippen LogP contribution in [0.25, 0.3) is 0 Å². The normalized spacial score (nSPS) is 19.6. The lowest BCUT2D eigenvalue weighted by molar-refractivity contribution is -0.150. The number of likely N-dealkylation sites (tertiary alicyclic amines) is 1. The van der Waals surface area contributed by atoms with Crippen molar-refractivity contribution in [1.82, 2.24) is 4.90 Å². The molecule has 0 radical (unpaired) electrons. The fraction of sp³-hybridized carbons (Fsp3) is 0.966. The third kappa shape index (κ3) is 33.1. The molecule has 0 aromatic heterocycles. The van der Waals surface area contributed by atoms with Gasteiger partial charge < -0.3 is 33.3 Å². The largest absolute Gasteiger partial charge is 0.465 e. The summed E-state index contributed by atoms with van der Waals surface area (Å²) in [5, 5.41) is 0. The molecule has 0 saturated carbocycles. The number of hydrogen-bond acceptors (Lipinski definition) is 9. The van der Waals surface area contributed by atoms with Gasteiger partial charge in [-0.15, -0.1) is 0 Å². The molecular weight excluding hydrogens is 839 g/mol. The van der Waals surface area contributed by atoms with E-state index < -0.39 is 0 Å². The zero-order chi connectivity index (χ0) is 48.3. The maximum atomic E-state index is 13.0. The average molecular weight is 951 g/mol. The minimum Gasteiger partial charge on any atom is -0.465 e. The lowest BCUT2D eigenvalue weighted by Gasteiger charge is -2.20. The number of rotatable bonds is 49. The zero-order valence-corrected chi connectivity index (χ0v) is 45.0. The molecule has 0 bridgehead atoms. The molecule has 396 valence electrons. The van der Waals surface area contributed by atoms with E-state index in [0.717, 1.165) is 122 Å². The van der Waals surface area contributed by atoms with Crippen molar-refractivity contribution in [1.29, 1.82) is 0 Å². The van der Waals surface area contributed by atoms with E-state index >= 15 is 0 Å². The summed E-state index contributed by atoms with van der Waals surface area (Å²) in [5.41, 5.74) is 0. The van der Waals surface area contributed by atoms with Gasteiger partial charge in [0.1, 0.15) is 12.2 Å². The number of unbranched alkanes of at least 4 members (excludes halogenated alkanes) is 23. The van der Waals surface area contributed by atoms with E-state index in [-0.39, 0.29) is 42.3 Å². The number of nitrogens with zero attached hydrogens (tertiary/aromatic N) is 1. The summed E-state index contributed by atoms with van der Waals surface area (Å²) < 4.78 is 36.9. The molecule has 0 spiro atoms. The molecule has 2 saturated heterocycles. The van der Waals surface area contributed by atoms with Crippen LogP contribution in [-0.2, 0) is 38.0 Å². The van der Waals surface area contributed by atoms with Crippen molar-refractivity contribution in [3.05, 3.63) is 0 Å². The summed E-state index contributed by atoms with van der Waals surface area (Å²) in [5.74, 6) is 0.218. The van der Waals surface area contributed by atoms with Crippen molar-refractivity contribution in [3.8, 4) is 0 Å². The molecule has 2 rings (SSSR count). The van der Waals surface area contributed by atoms with E-state index in [1.807, 2.05) is 0 Å². The van der Waals surface area contributed by atoms with Crippen LogP contribution in [0.2, 0.25) is 0 Å². The minimum atomic E-state index is -0.202. The molecule has 0 aliphatic carbocycles. The Bertz CT molecular complexity index is 1040. The highest BCUT2D eigenvalue weighted by atomic mass is 16.7. The van der Waals surface area contributed by atoms with E-state index in [1.165, 1.54) is 129 Å². The van der Waals surface area contributed by atoms with Crippen LogP contribution >= 0.6 is 0 Å². The van der Waals surface area contributed by atoms with Crippen LogP contribution in [0, 0.1) is 11.8 Å². The van der Waals surface area contributed by atoms with Crippen molar-refractivity contribution in [2.45, 2.75) is 297 Å². The molecule has 0 aromatic carbocycles. The van der Waals surface area contributed by atoms with E-state index in [4.69, 9.17) is 28.4 Å². The fourth-order valence-corrected chi connectivity index (χ4v) is 10.0. The maximum Gasteiger partial charge on any atom is 0.308 e. The monoisotopic (exact) mass is 950 g/mol. The Kier molecular flexibility index (Phi) is 41.2. The smallest absolute Gasteiger partial charge is 0.308 e. The second-order valence-corrected chi connectivity index (χ2v) is 20.8. The van der Waals surface area contributed by atoms with E-state index in [1.54, 1.807) is 0 Å². The Balaban J connectivity index is 1.66. The van der Waals surface area contributed by atoms with Crippen molar-refractivity contribution in [2.75, 3.05) is 52.7 Å². The number of carbonyl (C=O) groups excluding carboxylic acids is 2. The fourth-order valence-electron chi connectivity index (χ4n) is 10.0. The predicted molar refractivity (Wildman–Crippen MR) is 279 cm³/mol. The van der Waals surface area contributed by atoms with E-state index in [2.05, 4.69) is 39.5 Å². The highest BCUT2D eigenvalue weighted by molar-refractivity contribution is 5.72. The first-order valence-electron chi connectivity index (χ1n) is 29.5. The second-order valence-electron chi connectivity index (χ2n) is 20.8. The Morgan fingerprint density at radius 2 is 0.851 bits per heavy atom. The molecule has 67 heavy (non-hydrogen) atoms. The van der Waals surface area contributed by atoms with E-state index in [9.17, 15) is 9.59 Å². The van der Waals surface area contributed by atoms with Gasteiger partial charge in [-0.3, -0.25) is 9.59 Å². The van der Waals surface area contributed by atoms with Gasteiger partial charge in [-0.05, 0) is 116 Å². The standard InChI is InChI=1S/C58H111NO8/c1-6-10-14-18-20-28-40-52(38-26-16-12-8-3)57(60)64-47-34-24-22-32-45-62-49-54-55(67-56(66-54)42-30-31-43-59-44-36-37-51(59)5)50-63-46-33-23-25-35-48-65-58(61)53(39-27-17-13-9-4)41-29-21-19-15-11-7-2/h51-56H,6-50H2,1-5H3. The Morgan fingerprint density at radius 1 is 0.478 bits per heavy atom. The minimum absolute atomic E-state index is 0.0371. The van der Waals surface area contributed by atoms with Crippen molar-refractivity contribution in [3.63, 3.8) is 0 Å². The van der Waals surface area contributed by atoms with Crippen LogP contribution < -0.4 is 0 Å². The highest BCUT2D eigenvalue weighted by Gasteiger charge is 2.36. The molecule has 2 aliphatic heterocycles. The molecule has 5 atom stereocenters. The lowest BCUT2D eigenvalue weighted by atomic mass is 9.94. The van der Waals surface area contributed by atoms with Crippen LogP contribution in [0.5, 0.6) is 0 Å². The van der Waals surface area contributed by atoms with Gasteiger partial charge in [0.25, 0.3) is 0 Å². The van der Waals surface area contributed by atoms with Gasteiger partial charge >= 0.3 is 11.9 Å². The van der Waals surface area contributed by atoms with E-state index in [0.29, 0.717) is 45.7 Å². The van der Waals surface area contributed by atoms with Crippen molar-refractivity contribution < 1.29 is 38.0 Å². The first kappa shape index (κ1) is 61.9. The summed E-state index contributed by atoms with van der Waals surface area (Å²) >= 11 is 0. The van der Waals surface area contributed by atoms with Crippen LogP contribution in [0.3, 0.4) is 0 Å². The van der Waals surface area contributed by atoms with Gasteiger partial charge in [-0.1, -0.05) is 169 Å². The van der Waals surface area contributed by atoms with Gasteiger partial charge in [-0.25, -0.2) is 0 Å². The molecule has 2 heterocycles. The molecular formula is C58H111NO8. The highest BCUT2D eigenvalue weighted by Crippen LogP contribution is 2.26. The Morgan fingerprint density at radius 3 is 1.25 bits per heavy atom. The third-order valence-corrected chi connectivity index (χ3v) is 14.6. The SMILES string of the molecule is CCCCCCCCC(CCCCCC)C(=O)OCCCCCCOCC1OC(CCCCN2CCCC2C)OC1COCCCCCCOC(=O)C(CCCCCC)CCCCCCCC. The van der Waals surface area contributed by atoms with Gasteiger partial charge in [0.2, 0.25) is 0 Å². The first-order valence-corrected chi connectivity index (χ1v) is 29.5. The summed E-state index contributed by atoms with van der Waals surface area (Å²) in [4.78, 5) is 28.7. The topological polar surface area (TPSA) is 92.8 Å². The molecule has 9 nitrogen and oxygen atoms in total. The third-order valence-electron chi connectivity index (χ3n) is 14.6. The molecule has 5 unspecified atom stereocenters. The average Bonchev–Trinajstić information content (AvgIpc) is 3.93. The van der Waals surface area contributed by atoms with Crippen molar-refractivity contribution >= 4 is 11.9 Å². The predicted octanol–water partition coefficient (Wildman–Crippen LogP) is 15.7. The summed E-state index contributed by atoms with van der Waals surface area (Å²) in [6.45, 7) is 17.2. The summed E-state index contributed by atoms with van der Waals surface area (Å²) in [6, 6.07) is 0.710. The van der Waals surface area contributed by atoms with Crippen LogP contribution in [0.1, 0.15) is 272 Å². The van der Waals surface area contributed by atoms with Crippen LogP contribution in [-0.4, -0.2) is 94.1 Å². The Labute approximate surface area is 414 Å². The summed E-state index contributed by atoms with van der Waals surface area (Å²) in [7, 11) is 0. The van der Waals surface area contributed by atoms with Crippen molar-refractivity contribution in [2.24, 2.45) is 11.8 Å². The van der Waals surface area contributed by atoms with Gasteiger partial charge in [-0.2, -0.15) is 0 Å². The molecule has 0 N–H and O–H groups in total. The second kappa shape index (κ2) is 44.7. The lowest BCUT2D eigenvalue weighted by Crippen LogP contribution is -2.32. The first-order chi connectivity index (χ1) is 32.9. The number of hydrogen-bond donors (Lipinski definition) is 0. The Hall–Kier alpha value is -1.26. The molecule has 0 amide bonds. The van der Waals surface area contributed by atoms with Crippen LogP contribution in [0.15, 0.2) is 0 Å². The molecule has 2 aliphatic rings. The number of esters is 2. The zero-order valence-electron chi connectivity index (χ0n) is 45.0. The number of carbonyl (C=O) groups is 2. The number of ether oxygens (including phenoxy) is 6. The molecule has 0 aromatic rings. The molecule has 9 heteroatoms. The van der Waals surface area contributed by atoms with Crippen LogP contribution in [0.4, 0.5) is 0 Å². The van der Waals surface area contributed by atoms with Gasteiger partial charge in [0.15, 0.2) is 6.29 Å². The van der Waals surface area contributed by atoms with Gasteiger partial charge in [0.05, 0.1) is 38.3 Å². The quantitative estimate of drug-likeness (QED) is 0.0437. The molecule has 2 fully saturated rings. The van der Waals surface area contributed by atoms with Gasteiger partial charge in [0, 0.05) is 19.3 Å².